The monoisotopic (exact) mass is 303 g/mol. The third kappa shape index (κ3) is 3.55. The van der Waals surface area contributed by atoms with Crippen LogP contribution in [0.3, 0.4) is 0 Å². The molecule has 3 N–H and O–H groups in total. The summed E-state index contributed by atoms with van der Waals surface area (Å²) in [6, 6.07) is 12.7. The minimum atomic E-state index is -1.52. The Kier molecular flexibility index (Phi) is 4.49. The number of aromatic carboxylic acids is 1. The van der Waals surface area contributed by atoms with Crippen molar-refractivity contribution in [2.24, 2.45) is 5.73 Å². The van der Waals surface area contributed by atoms with E-state index in [0.717, 1.165) is 0 Å². The fourth-order valence-electron chi connectivity index (χ4n) is 1.89. The molecule has 0 aliphatic carbocycles. The lowest BCUT2D eigenvalue weighted by atomic mass is 10.1. The van der Waals surface area contributed by atoms with Gasteiger partial charge in [-0.1, -0.05) is 24.3 Å². The van der Waals surface area contributed by atoms with Crippen LogP contribution in [0.25, 0.3) is 0 Å². The molecule has 1 atom stereocenters. The predicted octanol–water partition coefficient (Wildman–Crippen LogP) is 1.79. The van der Waals surface area contributed by atoms with Crippen molar-refractivity contribution in [2.75, 3.05) is 0 Å². The van der Waals surface area contributed by atoms with Gasteiger partial charge in [0.15, 0.2) is 0 Å². The van der Waals surface area contributed by atoms with Gasteiger partial charge in [-0.3, -0.25) is 9.00 Å². The number of amides is 1. The van der Waals surface area contributed by atoms with Gasteiger partial charge in [0, 0.05) is 5.56 Å². The van der Waals surface area contributed by atoms with Crippen LogP contribution in [0, 0.1) is 0 Å². The summed E-state index contributed by atoms with van der Waals surface area (Å²) >= 11 is 0. The Balaban J connectivity index is 2.28. The van der Waals surface area contributed by atoms with E-state index in [4.69, 9.17) is 10.8 Å². The molecule has 2 rings (SSSR count). The van der Waals surface area contributed by atoms with Crippen molar-refractivity contribution in [2.45, 2.75) is 10.6 Å². The van der Waals surface area contributed by atoms with Crippen LogP contribution in [0.1, 0.15) is 26.3 Å². The van der Waals surface area contributed by atoms with Crippen LogP contribution in [-0.2, 0) is 16.6 Å². The third-order valence-corrected chi connectivity index (χ3v) is 4.31. The summed E-state index contributed by atoms with van der Waals surface area (Å²) in [6.45, 7) is 0. The van der Waals surface area contributed by atoms with Crippen LogP contribution < -0.4 is 5.73 Å². The fourth-order valence-corrected chi connectivity index (χ4v) is 3.15. The van der Waals surface area contributed by atoms with E-state index in [9.17, 15) is 13.8 Å². The second-order valence-electron chi connectivity index (χ2n) is 4.36. The molecule has 2 aromatic rings. The van der Waals surface area contributed by atoms with Gasteiger partial charge in [-0.05, 0) is 29.8 Å². The molecule has 6 heteroatoms. The van der Waals surface area contributed by atoms with Crippen molar-refractivity contribution in [3.05, 3.63) is 65.2 Å². The van der Waals surface area contributed by atoms with Gasteiger partial charge in [0.1, 0.15) is 0 Å². The lowest BCUT2D eigenvalue weighted by Gasteiger charge is -2.07. The van der Waals surface area contributed by atoms with Crippen molar-refractivity contribution in [1.29, 1.82) is 0 Å². The Morgan fingerprint density at radius 2 is 1.81 bits per heavy atom. The first-order chi connectivity index (χ1) is 9.99. The van der Waals surface area contributed by atoms with Gasteiger partial charge in [0.2, 0.25) is 5.91 Å². The van der Waals surface area contributed by atoms with E-state index >= 15 is 0 Å². The number of carbonyl (C=O) groups is 2. The maximum absolute atomic E-state index is 12.4. The number of carbonyl (C=O) groups excluding carboxylic acids is 1. The highest BCUT2D eigenvalue weighted by Gasteiger charge is 2.15. The van der Waals surface area contributed by atoms with Gasteiger partial charge in [-0.2, -0.15) is 0 Å². The second-order valence-corrected chi connectivity index (χ2v) is 5.78. The summed E-state index contributed by atoms with van der Waals surface area (Å²) in [5.74, 6) is -1.57. The van der Waals surface area contributed by atoms with Crippen LogP contribution in [0.2, 0.25) is 0 Å². The van der Waals surface area contributed by atoms with Crippen molar-refractivity contribution in [3.8, 4) is 0 Å². The lowest BCUT2D eigenvalue weighted by molar-refractivity contribution is 0.0692. The molecule has 2 aromatic carbocycles. The van der Waals surface area contributed by atoms with E-state index in [1.165, 1.54) is 12.1 Å². The topological polar surface area (TPSA) is 97.5 Å². The number of benzene rings is 2. The first kappa shape index (κ1) is 14.9. The van der Waals surface area contributed by atoms with E-state index in [1.54, 1.807) is 36.4 Å². The molecule has 0 aromatic heterocycles. The van der Waals surface area contributed by atoms with E-state index in [-0.39, 0.29) is 16.2 Å². The number of carboxylic acids is 1. The highest BCUT2D eigenvalue weighted by molar-refractivity contribution is 7.84. The lowest BCUT2D eigenvalue weighted by Crippen LogP contribution is -2.11. The second kappa shape index (κ2) is 6.32. The number of rotatable bonds is 5. The third-order valence-electron chi connectivity index (χ3n) is 2.87. The average Bonchev–Trinajstić information content (AvgIpc) is 2.47. The molecular weight excluding hydrogens is 290 g/mol. The molecular formula is C15H13NO4S. The summed E-state index contributed by atoms with van der Waals surface area (Å²) in [4.78, 5) is 22.5. The largest absolute Gasteiger partial charge is 0.478 e. The summed E-state index contributed by atoms with van der Waals surface area (Å²) in [5, 5.41) is 9.10. The molecule has 0 aliphatic rings. The van der Waals surface area contributed by atoms with Gasteiger partial charge in [0.05, 0.1) is 27.0 Å². The number of primary amides is 1. The first-order valence-corrected chi connectivity index (χ1v) is 7.40. The molecule has 0 fully saturated rings. The molecule has 0 saturated heterocycles. The number of carboxylic acid groups (broad SMARTS) is 1. The van der Waals surface area contributed by atoms with Crippen LogP contribution in [-0.4, -0.2) is 21.2 Å². The molecule has 1 amide bonds. The zero-order valence-electron chi connectivity index (χ0n) is 11.0. The fraction of sp³-hybridized carbons (Fsp3) is 0.0667. The predicted molar refractivity (Wildman–Crippen MR) is 78.5 cm³/mol. The Bertz CT molecular complexity index is 727. The Morgan fingerprint density at radius 3 is 2.48 bits per heavy atom. The molecule has 1 unspecified atom stereocenters. The first-order valence-electron chi connectivity index (χ1n) is 6.08. The summed E-state index contributed by atoms with van der Waals surface area (Å²) in [7, 11) is -1.52. The van der Waals surface area contributed by atoms with Gasteiger partial charge in [-0.25, -0.2) is 4.79 Å². The van der Waals surface area contributed by atoms with Crippen LogP contribution in [0.5, 0.6) is 0 Å². The number of nitrogens with two attached hydrogens (primary N) is 1. The smallest absolute Gasteiger partial charge is 0.336 e. The standard InChI is InChI=1S/C15H13NO4S/c16-14(17)11-5-3-4-10(8-11)9-21(20)13-7-2-1-6-12(13)15(18)19/h1-8H,9H2,(H2,16,17)(H,18,19). The van der Waals surface area contributed by atoms with Gasteiger partial charge in [-0.15, -0.1) is 0 Å². The van der Waals surface area contributed by atoms with Crippen LogP contribution >= 0.6 is 0 Å². The van der Waals surface area contributed by atoms with Crippen molar-refractivity contribution >= 4 is 22.7 Å². The zero-order chi connectivity index (χ0) is 15.4. The minimum absolute atomic E-state index is 0.0156. The molecule has 0 bridgehead atoms. The quantitative estimate of drug-likeness (QED) is 0.880. The molecule has 0 heterocycles. The van der Waals surface area contributed by atoms with Crippen LogP contribution in [0.15, 0.2) is 53.4 Å². The molecule has 5 nitrogen and oxygen atoms in total. The van der Waals surface area contributed by atoms with Crippen molar-refractivity contribution < 1.29 is 18.9 Å². The highest BCUT2D eigenvalue weighted by atomic mass is 32.2. The van der Waals surface area contributed by atoms with E-state index in [1.807, 2.05) is 0 Å². The van der Waals surface area contributed by atoms with Gasteiger partial charge < -0.3 is 10.8 Å². The minimum Gasteiger partial charge on any atom is -0.478 e. The Hall–Kier alpha value is -2.47. The average molecular weight is 303 g/mol. The molecule has 0 aliphatic heterocycles. The molecule has 21 heavy (non-hydrogen) atoms. The number of hydrogen-bond donors (Lipinski definition) is 2. The van der Waals surface area contributed by atoms with E-state index in [0.29, 0.717) is 11.1 Å². The summed E-state index contributed by atoms with van der Waals surface area (Å²) in [5.41, 5.74) is 6.20. The van der Waals surface area contributed by atoms with Crippen molar-refractivity contribution in [1.82, 2.24) is 0 Å². The molecule has 0 radical (unpaired) electrons. The number of hydrogen-bond acceptors (Lipinski definition) is 3. The summed E-state index contributed by atoms with van der Waals surface area (Å²) in [6.07, 6.45) is 0. The van der Waals surface area contributed by atoms with Crippen molar-refractivity contribution in [3.63, 3.8) is 0 Å². The Labute approximate surface area is 123 Å². The molecule has 0 saturated carbocycles. The maximum atomic E-state index is 12.4. The van der Waals surface area contributed by atoms with Gasteiger partial charge in [0.25, 0.3) is 0 Å². The van der Waals surface area contributed by atoms with Gasteiger partial charge >= 0.3 is 5.97 Å². The Morgan fingerprint density at radius 1 is 1.10 bits per heavy atom. The maximum Gasteiger partial charge on any atom is 0.336 e. The SMILES string of the molecule is NC(=O)c1cccc(CS(=O)c2ccccc2C(=O)O)c1. The van der Waals surface area contributed by atoms with Crippen LogP contribution in [0.4, 0.5) is 0 Å². The highest BCUT2D eigenvalue weighted by Crippen LogP contribution is 2.18. The zero-order valence-corrected chi connectivity index (χ0v) is 11.8. The van der Waals surface area contributed by atoms with E-state index < -0.39 is 22.7 Å². The van der Waals surface area contributed by atoms with E-state index in [2.05, 4.69) is 0 Å². The molecule has 0 spiro atoms. The normalized spacial score (nSPS) is 11.8. The molecule has 108 valence electrons. The summed E-state index contributed by atoms with van der Waals surface area (Å²) < 4.78 is 12.4.